The predicted molar refractivity (Wildman–Crippen MR) is 88.2 cm³/mol. The molecule has 0 saturated heterocycles. The average Bonchev–Trinajstić information content (AvgIpc) is 2.55. The SMILES string of the molecule is COc1ccc(SCCCOc2ccccc2CN)cc1. The van der Waals surface area contributed by atoms with Gasteiger partial charge in [0.25, 0.3) is 0 Å². The van der Waals surface area contributed by atoms with E-state index in [1.54, 1.807) is 7.11 Å². The molecule has 0 radical (unpaired) electrons. The van der Waals surface area contributed by atoms with Crippen LogP contribution < -0.4 is 15.2 Å². The maximum atomic E-state index is 5.79. The minimum Gasteiger partial charge on any atom is -0.497 e. The quantitative estimate of drug-likeness (QED) is 0.596. The van der Waals surface area contributed by atoms with E-state index < -0.39 is 0 Å². The Morgan fingerprint density at radius 3 is 2.52 bits per heavy atom. The Morgan fingerprint density at radius 2 is 1.81 bits per heavy atom. The van der Waals surface area contributed by atoms with Crippen molar-refractivity contribution in [3.8, 4) is 11.5 Å². The zero-order valence-corrected chi connectivity index (χ0v) is 13.1. The number of ether oxygens (including phenoxy) is 2. The van der Waals surface area contributed by atoms with Crippen LogP contribution in [0.2, 0.25) is 0 Å². The van der Waals surface area contributed by atoms with Gasteiger partial charge >= 0.3 is 0 Å². The van der Waals surface area contributed by atoms with Crippen molar-refractivity contribution in [3.05, 3.63) is 54.1 Å². The number of rotatable bonds is 8. The summed E-state index contributed by atoms with van der Waals surface area (Å²) in [6.07, 6.45) is 0.996. The zero-order chi connectivity index (χ0) is 14.9. The summed E-state index contributed by atoms with van der Waals surface area (Å²) in [6.45, 7) is 1.22. The molecule has 2 aromatic rings. The van der Waals surface area contributed by atoms with E-state index in [0.717, 1.165) is 29.2 Å². The van der Waals surface area contributed by atoms with Crippen molar-refractivity contribution >= 4 is 11.8 Å². The number of hydrogen-bond acceptors (Lipinski definition) is 4. The van der Waals surface area contributed by atoms with Gasteiger partial charge in [-0.15, -0.1) is 11.8 Å². The van der Waals surface area contributed by atoms with Gasteiger partial charge in [0.15, 0.2) is 0 Å². The third-order valence-corrected chi connectivity index (χ3v) is 4.17. The number of hydrogen-bond donors (Lipinski definition) is 1. The van der Waals surface area contributed by atoms with Crippen LogP contribution in [0.3, 0.4) is 0 Å². The largest absolute Gasteiger partial charge is 0.497 e. The molecule has 2 rings (SSSR count). The van der Waals surface area contributed by atoms with Crippen LogP contribution in [-0.4, -0.2) is 19.5 Å². The molecule has 0 heterocycles. The standard InChI is InChI=1S/C17H21NO2S/c1-19-15-7-9-16(10-8-15)21-12-4-11-20-17-6-3-2-5-14(17)13-18/h2-3,5-10H,4,11-13,18H2,1H3. The zero-order valence-electron chi connectivity index (χ0n) is 12.2. The van der Waals surface area contributed by atoms with Gasteiger partial charge in [0.05, 0.1) is 13.7 Å². The summed E-state index contributed by atoms with van der Waals surface area (Å²) >= 11 is 1.82. The molecule has 0 fully saturated rings. The van der Waals surface area contributed by atoms with Gasteiger partial charge in [0.2, 0.25) is 0 Å². The lowest BCUT2D eigenvalue weighted by Gasteiger charge is -2.10. The van der Waals surface area contributed by atoms with Crippen LogP contribution in [0.4, 0.5) is 0 Å². The lowest BCUT2D eigenvalue weighted by atomic mass is 10.2. The molecular weight excluding hydrogens is 282 g/mol. The number of methoxy groups -OCH3 is 1. The highest BCUT2D eigenvalue weighted by molar-refractivity contribution is 7.99. The van der Waals surface area contributed by atoms with Crippen molar-refractivity contribution in [2.45, 2.75) is 17.9 Å². The molecule has 4 heteroatoms. The van der Waals surface area contributed by atoms with E-state index in [0.29, 0.717) is 13.2 Å². The molecule has 0 amide bonds. The molecule has 0 bridgehead atoms. The van der Waals surface area contributed by atoms with E-state index in [-0.39, 0.29) is 0 Å². The molecule has 2 N–H and O–H groups in total. The Hall–Kier alpha value is -1.65. The van der Waals surface area contributed by atoms with Gasteiger partial charge in [0.1, 0.15) is 11.5 Å². The minimum absolute atomic E-state index is 0.511. The average molecular weight is 303 g/mol. The van der Waals surface area contributed by atoms with Crippen LogP contribution in [0.1, 0.15) is 12.0 Å². The van der Waals surface area contributed by atoms with Gasteiger partial charge in [-0.2, -0.15) is 0 Å². The molecule has 0 aromatic heterocycles. The first-order chi connectivity index (χ1) is 10.3. The number of benzene rings is 2. The molecule has 112 valence electrons. The van der Waals surface area contributed by atoms with Crippen molar-refractivity contribution in [3.63, 3.8) is 0 Å². The Morgan fingerprint density at radius 1 is 1.05 bits per heavy atom. The first kappa shape index (κ1) is 15.7. The fraction of sp³-hybridized carbons (Fsp3) is 0.294. The molecule has 0 spiro atoms. The van der Waals surface area contributed by atoms with E-state index in [4.69, 9.17) is 15.2 Å². The van der Waals surface area contributed by atoms with Crippen molar-refractivity contribution in [2.24, 2.45) is 5.73 Å². The second-order valence-corrected chi connectivity index (χ2v) is 5.71. The third-order valence-electron chi connectivity index (χ3n) is 3.07. The molecule has 0 unspecified atom stereocenters. The summed E-state index contributed by atoms with van der Waals surface area (Å²) < 4.78 is 10.9. The Kier molecular flexibility index (Phi) is 6.44. The molecule has 21 heavy (non-hydrogen) atoms. The fourth-order valence-corrected chi connectivity index (χ4v) is 2.74. The normalized spacial score (nSPS) is 10.4. The summed E-state index contributed by atoms with van der Waals surface area (Å²) in [5.41, 5.74) is 6.74. The highest BCUT2D eigenvalue weighted by Crippen LogP contribution is 2.22. The summed E-state index contributed by atoms with van der Waals surface area (Å²) in [5.74, 6) is 2.81. The van der Waals surface area contributed by atoms with E-state index >= 15 is 0 Å². The fourth-order valence-electron chi connectivity index (χ4n) is 1.92. The second-order valence-electron chi connectivity index (χ2n) is 4.54. The van der Waals surface area contributed by atoms with Gasteiger partial charge in [-0.25, -0.2) is 0 Å². The molecular formula is C17H21NO2S. The lowest BCUT2D eigenvalue weighted by molar-refractivity contribution is 0.315. The van der Waals surface area contributed by atoms with Crippen LogP contribution in [0, 0.1) is 0 Å². The number of nitrogens with two attached hydrogens (primary N) is 1. The van der Waals surface area contributed by atoms with Crippen LogP contribution in [0.5, 0.6) is 11.5 Å². The molecule has 2 aromatic carbocycles. The van der Waals surface area contributed by atoms with Crippen molar-refractivity contribution < 1.29 is 9.47 Å². The lowest BCUT2D eigenvalue weighted by Crippen LogP contribution is -2.04. The highest BCUT2D eigenvalue weighted by atomic mass is 32.2. The maximum Gasteiger partial charge on any atom is 0.123 e. The topological polar surface area (TPSA) is 44.5 Å². The van der Waals surface area contributed by atoms with Crippen LogP contribution in [-0.2, 0) is 6.54 Å². The molecule has 0 aliphatic carbocycles. The molecule has 3 nitrogen and oxygen atoms in total. The van der Waals surface area contributed by atoms with Crippen LogP contribution >= 0.6 is 11.8 Å². The van der Waals surface area contributed by atoms with Gasteiger partial charge in [-0.3, -0.25) is 0 Å². The second kappa shape index (κ2) is 8.60. The molecule has 0 atom stereocenters. The molecule has 0 aliphatic rings. The third kappa shape index (κ3) is 4.99. The first-order valence-corrected chi connectivity index (χ1v) is 7.99. The number of thioether (sulfide) groups is 1. The monoisotopic (exact) mass is 303 g/mol. The van der Waals surface area contributed by atoms with Gasteiger partial charge in [0, 0.05) is 22.8 Å². The summed E-state index contributed by atoms with van der Waals surface area (Å²) in [6, 6.07) is 16.0. The Labute approximate surface area is 130 Å². The Bertz CT molecular complexity index is 543. The predicted octanol–water partition coefficient (Wildman–Crippen LogP) is 3.72. The molecule has 0 aliphatic heterocycles. The smallest absolute Gasteiger partial charge is 0.123 e. The van der Waals surface area contributed by atoms with Crippen LogP contribution in [0.25, 0.3) is 0 Å². The summed E-state index contributed by atoms with van der Waals surface area (Å²) in [4.78, 5) is 1.25. The van der Waals surface area contributed by atoms with Gasteiger partial charge in [-0.05, 0) is 36.8 Å². The minimum atomic E-state index is 0.511. The van der Waals surface area contributed by atoms with Crippen molar-refractivity contribution in [1.29, 1.82) is 0 Å². The van der Waals surface area contributed by atoms with Crippen LogP contribution in [0.15, 0.2) is 53.4 Å². The van der Waals surface area contributed by atoms with E-state index in [1.807, 2.05) is 48.2 Å². The summed E-state index contributed by atoms with van der Waals surface area (Å²) in [5, 5.41) is 0. The maximum absolute atomic E-state index is 5.79. The van der Waals surface area contributed by atoms with E-state index in [1.165, 1.54) is 4.90 Å². The van der Waals surface area contributed by atoms with Crippen molar-refractivity contribution in [1.82, 2.24) is 0 Å². The first-order valence-electron chi connectivity index (χ1n) is 7.01. The van der Waals surface area contributed by atoms with E-state index in [9.17, 15) is 0 Å². The molecule has 0 saturated carbocycles. The van der Waals surface area contributed by atoms with Gasteiger partial charge < -0.3 is 15.2 Å². The van der Waals surface area contributed by atoms with Crippen molar-refractivity contribution in [2.75, 3.05) is 19.5 Å². The highest BCUT2D eigenvalue weighted by Gasteiger charge is 2.01. The van der Waals surface area contributed by atoms with E-state index in [2.05, 4.69) is 12.1 Å². The number of para-hydroxylation sites is 1. The van der Waals surface area contributed by atoms with Gasteiger partial charge in [-0.1, -0.05) is 18.2 Å². The summed E-state index contributed by atoms with van der Waals surface area (Å²) in [7, 11) is 1.68. The Balaban J connectivity index is 1.70.